The molecule has 7 nitrogen and oxygen atoms in total. The average Bonchev–Trinajstić information content (AvgIpc) is 2.51. The lowest BCUT2D eigenvalue weighted by Gasteiger charge is -2.04. The number of hydrogen-bond donors (Lipinski definition) is 4. The van der Waals surface area contributed by atoms with Crippen LogP contribution in [0.15, 0.2) is 47.6 Å². The number of rotatable bonds is 3. The predicted molar refractivity (Wildman–Crippen MR) is 85.3 cm³/mol. The number of phenolic OH excluding ortho intramolecular Hbond substituents is 2. The van der Waals surface area contributed by atoms with E-state index < -0.39 is 11.8 Å². The number of anilines is 1. The number of amides is 2. The average molecular weight is 313 g/mol. The molecule has 0 aromatic heterocycles. The summed E-state index contributed by atoms with van der Waals surface area (Å²) in [4.78, 5) is 23.3. The second kappa shape index (κ2) is 7.08. The molecule has 0 atom stereocenters. The number of hydrazone groups is 1. The summed E-state index contributed by atoms with van der Waals surface area (Å²) in [6, 6.07) is 10.9. The minimum absolute atomic E-state index is 0.0961. The number of phenols is 2. The Morgan fingerprint density at radius 3 is 2.39 bits per heavy atom. The first-order valence-electron chi connectivity index (χ1n) is 6.69. The fraction of sp³-hybridized carbons (Fsp3) is 0.0625. The Bertz CT molecular complexity index is 754. The standard InChI is InChI=1S/C16H15N3O4/c1-10-2-5-12(6-3-10)18-15(22)16(23)19-17-9-11-4-7-13(20)8-14(11)21/h2-9,20-21H,1H3,(H,18,22)(H,19,23). The highest BCUT2D eigenvalue weighted by molar-refractivity contribution is 6.39. The molecule has 0 unspecified atom stereocenters. The van der Waals surface area contributed by atoms with Gasteiger partial charge in [-0.25, -0.2) is 5.43 Å². The molecule has 23 heavy (non-hydrogen) atoms. The molecule has 0 fully saturated rings. The van der Waals surface area contributed by atoms with E-state index in [1.54, 1.807) is 24.3 Å². The molecule has 2 rings (SSSR count). The van der Waals surface area contributed by atoms with Crippen LogP contribution in [0.2, 0.25) is 0 Å². The van der Waals surface area contributed by atoms with Crippen LogP contribution in [-0.2, 0) is 9.59 Å². The molecule has 7 heteroatoms. The number of nitrogens with zero attached hydrogens (tertiary/aromatic N) is 1. The third-order valence-electron chi connectivity index (χ3n) is 2.90. The van der Waals surface area contributed by atoms with Gasteiger partial charge in [0.15, 0.2) is 0 Å². The van der Waals surface area contributed by atoms with Gasteiger partial charge in [0.2, 0.25) is 0 Å². The van der Waals surface area contributed by atoms with Crippen LogP contribution in [0.5, 0.6) is 11.5 Å². The van der Waals surface area contributed by atoms with Gasteiger partial charge < -0.3 is 15.5 Å². The molecule has 0 aliphatic rings. The summed E-state index contributed by atoms with van der Waals surface area (Å²) in [7, 11) is 0. The lowest BCUT2D eigenvalue weighted by molar-refractivity contribution is -0.136. The SMILES string of the molecule is Cc1ccc(NC(=O)C(=O)NN=Cc2ccc(O)cc2O)cc1. The summed E-state index contributed by atoms with van der Waals surface area (Å²) < 4.78 is 0. The zero-order valence-electron chi connectivity index (χ0n) is 12.3. The Morgan fingerprint density at radius 2 is 1.74 bits per heavy atom. The molecule has 0 spiro atoms. The first kappa shape index (κ1) is 16.0. The molecule has 0 aliphatic carbocycles. The van der Waals surface area contributed by atoms with E-state index in [-0.39, 0.29) is 17.1 Å². The third-order valence-corrected chi connectivity index (χ3v) is 2.90. The summed E-state index contributed by atoms with van der Waals surface area (Å²) in [5.74, 6) is -2.10. The minimum Gasteiger partial charge on any atom is -0.508 e. The molecule has 118 valence electrons. The van der Waals surface area contributed by atoms with Crippen molar-refractivity contribution in [1.82, 2.24) is 5.43 Å². The highest BCUT2D eigenvalue weighted by atomic mass is 16.3. The highest BCUT2D eigenvalue weighted by Gasteiger charge is 2.12. The fourth-order valence-electron chi connectivity index (χ4n) is 1.68. The van der Waals surface area contributed by atoms with Crippen molar-refractivity contribution in [1.29, 1.82) is 0 Å². The smallest absolute Gasteiger partial charge is 0.329 e. The lowest BCUT2D eigenvalue weighted by atomic mass is 10.2. The van der Waals surface area contributed by atoms with Crippen molar-refractivity contribution in [3.8, 4) is 11.5 Å². The number of carbonyl (C=O) groups excluding carboxylic acids is 2. The van der Waals surface area contributed by atoms with Gasteiger partial charge in [-0.2, -0.15) is 5.10 Å². The van der Waals surface area contributed by atoms with Crippen LogP contribution < -0.4 is 10.7 Å². The number of benzene rings is 2. The Hall–Kier alpha value is -3.35. The van der Waals surface area contributed by atoms with Crippen molar-refractivity contribution in [2.24, 2.45) is 5.10 Å². The van der Waals surface area contributed by atoms with Crippen LogP contribution in [0, 0.1) is 6.92 Å². The van der Waals surface area contributed by atoms with E-state index in [9.17, 15) is 14.7 Å². The van der Waals surface area contributed by atoms with E-state index in [1.807, 2.05) is 12.3 Å². The maximum atomic E-state index is 11.7. The molecular formula is C16H15N3O4. The number of nitrogens with one attached hydrogen (secondary N) is 2. The molecule has 2 aromatic carbocycles. The summed E-state index contributed by atoms with van der Waals surface area (Å²) in [5, 5.41) is 24.7. The Kier molecular flexibility index (Phi) is 4.93. The molecule has 2 amide bonds. The topological polar surface area (TPSA) is 111 Å². The Morgan fingerprint density at radius 1 is 1.04 bits per heavy atom. The van der Waals surface area contributed by atoms with Gasteiger partial charge in [-0.05, 0) is 31.2 Å². The van der Waals surface area contributed by atoms with Crippen LogP contribution in [0.3, 0.4) is 0 Å². The quantitative estimate of drug-likeness (QED) is 0.391. The molecule has 0 aliphatic heterocycles. The molecule has 0 saturated carbocycles. The van der Waals surface area contributed by atoms with Crippen molar-refractivity contribution in [3.63, 3.8) is 0 Å². The maximum absolute atomic E-state index is 11.7. The normalized spacial score (nSPS) is 10.5. The molecule has 0 saturated heterocycles. The van der Waals surface area contributed by atoms with Gasteiger partial charge in [0.25, 0.3) is 0 Å². The van der Waals surface area contributed by atoms with Gasteiger partial charge in [-0.3, -0.25) is 9.59 Å². The summed E-state index contributed by atoms with van der Waals surface area (Å²) in [6.45, 7) is 1.91. The van der Waals surface area contributed by atoms with E-state index in [0.29, 0.717) is 5.69 Å². The zero-order valence-corrected chi connectivity index (χ0v) is 12.3. The van der Waals surface area contributed by atoms with Gasteiger partial charge in [0.05, 0.1) is 6.21 Å². The zero-order chi connectivity index (χ0) is 16.8. The van der Waals surface area contributed by atoms with Gasteiger partial charge in [0.1, 0.15) is 11.5 Å². The summed E-state index contributed by atoms with van der Waals surface area (Å²) >= 11 is 0. The van der Waals surface area contributed by atoms with Crippen LogP contribution in [0.4, 0.5) is 5.69 Å². The van der Waals surface area contributed by atoms with E-state index in [4.69, 9.17) is 5.11 Å². The van der Waals surface area contributed by atoms with Crippen molar-refractivity contribution in [2.75, 3.05) is 5.32 Å². The molecule has 2 aromatic rings. The van der Waals surface area contributed by atoms with Crippen molar-refractivity contribution in [3.05, 3.63) is 53.6 Å². The summed E-state index contributed by atoms with van der Waals surface area (Å²) in [5.41, 5.74) is 3.86. The number of aromatic hydroxyl groups is 2. The third kappa shape index (κ3) is 4.57. The Balaban J connectivity index is 1.92. The predicted octanol–water partition coefficient (Wildman–Crippen LogP) is 1.50. The van der Waals surface area contributed by atoms with Crippen molar-refractivity contribution < 1.29 is 19.8 Å². The van der Waals surface area contributed by atoms with Crippen molar-refractivity contribution in [2.45, 2.75) is 6.92 Å². The summed E-state index contributed by atoms with van der Waals surface area (Å²) in [6.07, 6.45) is 1.16. The van der Waals surface area contributed by atoms with Crippen LogP contribution in [0.25, 0.3) is 0 Å². The van der Waals surface area contributed by atoms with Crippen LogP contribution in [-0.4, -0.2) is 28.2 Å². The largest absolute Gasteiger partial charge is 0.508 e. The second-order valence-corrected chi connectivity index (χ2v) is 4.76. The first-order chi connectivity index (χ1) is 11.0. The van der Waals surface area contributed by atoms with Gasteiger partial charge >= 0.3 is 11.8 Å². The van der Waals surface area contributed by atoms with Gasteiger partial charge in [-0.15, -0.1) is 0 Å². The molecular weight excluding hydrogens is 298 g/mol. The molecule has 0 radical (unpaired) electrons. The Labute approximate surface area is 132 Å². The fourth-order valence-corrected chi connectivity index (χ4v) is 1.68. The molecule has 0 heterocycles. The highest BCUT2D eigenvalue weighted by Crippen LogP contribution is 2.20. The van der Waals surface area contributed by atoms with E-state index in [1.165, 1.54) is 12.1 Å². The molecule has 0 bridgehead atoms. The second-order valence-electron chi connectivity index (χ2n) is 4.76. The minimum atomic E-state index is -0.944. The first-order valence-corrected chi connectivity index (χ1v) is 6.69. The number of carbonyl (C=O) groups is 2. The van der Waals surface area contributed by atoms with Crippen LogP contribution >= 0.6 is 0 Å². The number of aryl methyl sites for hydroxylation is 1. The van der Waals surface area contributed by atoms with Crippen molar-refractivity contribution >= 4 is 23.7 Å². The van der Waals surface area contributed by atoms with Gasteiger partial charge in [0, 0.05) is 17.3 Å². The maximum Gasteiger partial charge on any atom is 0.329 e. The lowest BCUT2D eigenvalue weighted by Crippen LogP contribution is -2.32. The molecule has 4 N–H and O–H groups in total. The number of hydrogen-bond acceptors (Lipinski definition) is 5. The monoisotopic (exact) mass is 313 g/mol. The van der Waals surface area contributed by atoms with E-state index in [2.05, 4.69) is 10.4 Å². The van der Waals surface area contributed by atoms with E-state index >= 15 is 0 Å². The van der Waals surface area contributed by atoms with Gasteiger partial charge in [-0.1, -0.05) is 17.7 Å². The van der Waals surface area contributed by atoms with Crippen LogP contribution in [0.1, 0.15) is 11.1 Å². The van der Waals surface area contributed by atoms with E-state index in [0.717, 1.165) is 17.8 Å².